The lowest BCUT2D eigenvalue weighted by molar-refractivity contribution is -0.147. The van der Waals surface area contributed by atoms with Crippen LogP contribution in [0.5, 0.6) is 0 Å². The lowest BCUT2D eigenvalue weighted by Crippen LogP contribution is -2.31. The van der Waals surface area contributed by atoms with Crippen molar-refractivity contribution in [2.45, 2.75) is 56.7 Å². The zero-order valence-corrected chi connectivity index (χ0v) is 20.9. The second kappa shape index (κ2) is 9.38. The first kappa shape index (κ1) is 24.0. The number of hydrogen-bond donors (Lipinski definition) is 0. The molecule has 0 atom stereocenters. The molecule has 11 heteroatoms. The molecule has 1 aromatic heterocycles. The zero-order valence-electron chi connectivity index (χ0n) is 20.1. The Kier molecular flexibility index (Phi) is 6.25. The second-order valence-electron chi connectivity index (χ2n) is 8.96. The zero-order chi connectivity index (χ0) is 25.4. The molecular formula is C25H27N5O5S. The van der Waals surface area contributed by atoms with Gasteiger partial charge in [-0.2, -0.15) is 13.5 Å². The van der Waals surface area contributed by atoms with Gasteiger partial charge in [0.1, 0.15) is 4.90 Å². The van der Waals surface area contributed by atoms with Crippen molar-refractivity contribution in [2.75, 3.05) is 7.05 Å². The number of carbonyl (C=O) groups excluding carboxylic acids is 1. The van der Waals surface area contributed by atoms with Crippen molar-refractivity contribution < 1.29 is 17.9 Å². The van der Waals surface area contributed by atoms with E-state index in [0.29, 0.717) is 23.9 Å². The van der Waals surface area contributed by atoms with Gasteiger partial charge in [0, 0.05) is 25.1 Å². The highest BCUT2D eigenvalue weighted by atomic mass is 32.2. The molecule has 0 amide bonds. The van der Waals surface area contributed by atoms with E-state index in [1.807, 2.05) is 25.1 Å². The number of ether oxygens (including phenoxy) is 1. The van der Waals surface area contributed by atoms with Crippen molar-refractivity contribution in [1.29, 1.82) is 0 Å². The summed E-state index contributed by atoms with van der Waals surface area (Å²) in [7, 11) is -2.11. The van der Waals surface area contributed by atoms with Gasteiger partial charge in [-0.3, -0.25) is 13.9 Å². The van der Waals surface area contributed by atoms with Crippen molar-refractivity contribution in [3.63, 3.8) is 0 Å². The number of sulfonamides is 1. The van der Waals surface area contributed by atoms with Gasteiger partial charge in [0.15, 0.2) is 12.6 Å². The van der Waals surface area contributed by atoms with Gasteiger partial charge in [0.05, 0.1) is 17.2 Å². The number of fused-ring (bicyclic) bond motifs is 2. The average molecular weight is 510 g/mol. The molecule has 1 saturated carbocycles. The molecule has 0 radical (unpaired) electrons. The van der Waals surface area contributed by atoms with Crippen molar-refractivity contribution >= 4 is 39.1 Å². The van der Waals surface area contributed by atoms with Crippen molar-refractivity contribution in [2.24, 2.45) is 9.50 Å². The Morgan fingerprint density at radius 1 is 1.22 bits per heavy atom. The Hall–Kier alpha value is -3.73. The van der Waals surface area contributed by atoms with Gasteiger partial charge < -0.3 is 4.74 Å². The Bertz CT molecular complexity index is 1560. The number of hydrazone groups is 1. The molecule has 1 fully saturated rings. The monoisotopic (exact) mass is 509 g/mol. The first-order valence-corrected chi connectivity index (χ1v) is 13.4. The fourth-order valence-corrected chi connectivity index (χ4v) is 5.67. The van der Waals surface area contributed by atoms with Crippen LogP contribution in [0.25, 0.3) is 11.0 Å². The number of aromatic nitrogens is 2. The van der Waals surface area contributed by atoms with Gasteiger partial charge in [-0.05, 0) is 55.5 Å². The van der Waals surface area contributed by atoms with E-state index < -0.39 is 10.0 Å². The van der Waals surface area contributed by atoms with Crippen LogP contribution < -0.4 is 5.69 Å². The van der Waals surface area contributed by atoms with E-state index in [2.05, 4.69) is 9.50 Å². The summed E-state index contributed by atoms with van der Waals surface area (Å²) in [6.07, 6.45) is 5.49. The lowest BCUT2D eigenvalue weighted by atomic mass is 9.93. The summed E-state index contributed by atoms with van der Waals surface area (Å²) in [6, 6.07) is 12.2. The Balaban J connectivity index is 1.46. The van der Waals surface area contributed by atoms with Crippen LogP contribution >= 0.6 is 0 Å². The molecule has 0 N–H and O–H groups in total. The van der Waals surface area contributed by atoms with Gasteiger partial charge in [-0.25, -0.2) is 9.80 Å². The molecule has 0 unspecified atom stereocenters. The largest absolute Gasteiger partial charge is 0.444 e. The Morgan fingerprint density at radius 3 is 2.72 bits per heavy atom. The molecule has 1 aliphatic carbocycles. The standard InChI is InChI=1S/C25H27N5O5S/c1-3-7-23(31)35-16-29-20-13-12-17(14-21(20)30(25(29)32)18-8-6-9-18)15-26-28(2)24-19-10-4-5-11-22(19)36(33,34)27-24/h4-5,10-15,18H,3,6-9,16H2,1-2H3/b26-15+. The Labute approximate surface area is 208 Å². The summed E-state index contributed by atoms with van der Waals surface area (Å²) in [5.41, 5.74) is 2.46. The normalized spacial score (nSPS) is 16.7. The van der Waals surface area contributed by atoms with Gasteiger partial charge in [0.2, 0.25) is 0 Å². The summed E-state index contributed by atoms with van der Waals surface area (Å²) in [5.74, 6) is -0.0893. The fourth-order valence-electron chi connectivity index (χ4n) is 4.44. The van der Waals surface area contributed by atoms with Crippen molar-refractivity contribution in [1.82, 2.24) is 14.1 Å². The maximum Gasteiger partial charge on any atom is 0.332 e. The molecule has 36 heavy (non-hydrogen) atoms. The molecule has 10 nitrogen and oxygen atoms in total. The maximum atomic E-state index is 13.2. The number of amidine groups is 1. The van der Waals surface area contributed by atoms with Crippen LogP contribution in [0.4, 0.5) is 0 Å². The highest BCUT2D eigenvalue weighted by molar-refractivity contribution is 7.90. The van der Waals surface area contributed by atoms with Gasteiger partial charge in [-0.15, -0.1) is 4.40 Å². The predicted molar refractivity (Wildman–Crippen MR) is 136 cm³/mol. The number of rotatable bonds is 7. The molecular weight excluding hydrogens is 482 g/mol. The molecule has 0 spiro atoms. The number of esters is 1. The predicted octanol–water partition coefficient (Wildman–Crippen LogP) is 3.24. The van der Waals surface area contributed by atoms with Crippen LogP contribution in [0.3, 0.4) is 0 Å². The quantitative estimate of drug-likeness (QED) is 0.274. The number of benzene rings is 2. The van der Waals surface area contributed by atoms with Crippen LogP contribution in [-0.2, 0) is 26.3 Å². The molecule has 2 heterocycles. The van der Waals surface area contributed by atoms with Crippen molar-refractivity contribution in [3.8, 4) is 0 Å². The first-order chi connectivity index (χ1) is 17.3. The number of nitrogens with zero attached hydrogens (tertiary/aromatic N) is 5. The van der Waals surface area contributed by atoms with Crippen LogP contribution in [0.1, 0.15) is 56.2 Å². The summed E-state index contributed by atoms with van der Waals surface area (Å²) in [6.45, 7) is 1.77. The first-order valence-electron chi connectivity index (χ1n) is 11.9. The summed E-state index contributed by atoms with van der Waals surface area (Å²) < 4.78 is 37.2. The summed E-state index contributed by atoms with van der Waals surface area (Å²) in [5, 5.41) is 5.84. The van der Waals surface area contributed by atoms with Crippen LogP contribution in [0, 0.1) is 0 Å². The highest BCUT2D eigenvalue weighted by Crippen LogP contribution is 2.33. The number of carbonyl (C=O) groups is 1. The third kappa shape index (κ3) is 4.23. The van der Waals surface area contributed by atoms with E-state index in [9.17, 15) is 18.0 Å². The fraction of sp³-hybridized carbons (Fsp3) is 0.360. The molecule has 1 aliphatic heterocycles. The molecule has 3 aromatic rings. The van der Waals surface area contributed by atoms with E-state index in [-0.39, 0.29) is 35.2 Å². The number of hydrogen-bond acceptors (Lipinski definition) is 7. The SMILES string of the molecule is CCCC(=O)OCn1c(=O)n(C2CCC2)c2cc(/C=N/N(C)C3=NS(=O)(=O)c4ccccc43)ccc21. The molecule has 2 aromatic carbocycles. The number of imidazole rings is 1. The van der Waals surface area contributed by atoms with Crippen LogP contribution in [-0.4, -0.2) is 47.6 Å². The highest BCUT2D eigenvalue weighted by Gasteiger charge is 2.30. The molecule has 188 valence electrons. The topological polar surface area (TPSA) is 115 Å². The van der Waals surface area contributed by atoms with Gasteiger partial charge in [0.25, 0.3) is 10.0 Å². The maximum absolute atomic E-state index is 13.2. The molecule has 0 bridgehead atoms. The lowest BCUT2D eigenvalue weighted by Gasteiger charge is -2.26. The minimum Gasteiger partial charge on any atom is -0.444 e. The third-order valence-electron chi connectivity index (χ3n) is 6.53. The Morgan fingerprint density at radius 2 is 2.00 bits per heavy atom. The van der Waals surface area contributed by atoms with Crippen LogP contribution in [0.15, 0.2) is 61.7 Å². The smallest absolute Gasteiger partial charge is 0.332 e. The van der Waals surface area contributed by atoms with E-state index in [0.717, 1.165) is 30.3 Å². The van der Waals surface area contributed by atoms with E-state index >= 15 is 0 Å². The third-order valence-corrected chi connectivity index (χ3v) is 7.86. The molecule has 5 rings (SSSR count). The average Bonchev–Trinajstić information content (AvgIpc) is 3.26. The second-order valence-corrected chi connectivity index (χ2v) is 10.5. The van der Waals surface area contributed by atoms with Crippen molar-refractivity contribution in [3.05, 3.63) is 64.1 Å². The minimum absolute atomic E-state index is 0.108. The summed E-state index contributed by atoms with van der Waals surface area (Å²) in [4.78, 5) is 25.3. The van der Waals surface area contributed by atoms with Crippen LogP contribution in [0.2, 0.25) is 0 Å². The molecule has 2 aliphatic rings. The van der Waals surface area contributed by atoms with E-state index in [1.54, 1.807) is 36.0 Å². The summed E-state index contributed by atoms with van der Waals surface area (Å²) >= 11 is 0. The van der Waals surface area contributed by atoms with Gasteiger partial charge >= 0.3 is 11.7 Å². The van der Waals surface area contributed by atoms with E-state index in [1.165, 1.54) is 15.6 Å². The molecule has 0 saturated heterocycles. The minimum atomic E-state index is -3.74. The van der Waals surface area contributed by atoms with Gasteiger partial charge in [-0.1, -0.05) is 25.1 Å². The van der Waals surface area contributed by atoms with E-state index in [4.69, 9.17) is 4.74 Å².